The fourth-order valence-corrected chi connectivity index (χ4v) is 3.43. The van der Waals surface area contributed by atoms with E-state index in [1.54, 1.807) is 0 Å². The molecule has 0 spiro atoms. The van der Waals surface area contributed by atoms with Crippen molar-refractivity contribution in [2.45, 2.75) is 46.2 Å². The Morgan fingerprint density at radius 1 is 1.07 bits per heavy atom. The number of nitrogens with one attached hydrogen (secondary N) is 1. The summed E-state index contributed by atoms with van der Waals surface area (Å²) in [6.07, 6.45) is 0. The minimum absolute atomic E-state index is 0.0808. The van der Waals surface area contributed by atoms with Crippen LogP contribution < -0.4 is 10.2 Å². The predicted molar refractivity (Wildman–Crippen MR) is 112 cm³/mol. The number of anilines is 1. The molecule has 0 saturated carbocycles. The lowest BCUT2D eigenvalue weighted by Crippen LogP contribution is -2.54. The first-order valence-corrected chi connectivity index (χ1v) is 10.1. The lowest BCUT2D eigenvalue weighted by Gasteiger charge is -2.38. The van der Waals surface area contributed by atoms with Crippen LogP contribution in [0.25, 0.3) is 0 Å². The molecule has 1 atom stereocenters. The zero-order chi connectivity index (χ0) is 20.1. The maximum atomic E-state index is 12.5. The second kappa shape index (κ2) is 9.15. The van der Waals surface area contributed by atoms with Gasteiger partial charge < -0.3 is 10.2 Å². The van der Waals surface area contributed by atoms with Gasteiger partial charge in [0.25, 0.3) is 0 Å². The van der Waals surface area contributed by atoms with Crippen molar-refractivity contribution in [1.82, 2.24) is 20.2 Å². The zero-order valence-electron chi connectivity index (χ0n) is 17.4. The number of aromatic nitrogens is 2. The van der Waals surface area contributed by atoms with Crippen LogP contribution in [0.2, 0.25) is 0 Å². The Bertz CT molecular complexity index is 785. The molecule has 1 saturated heterocycles. The molecule has 28 heavy (non-hydrogen) atoms. The van der Waals surface area contributed by atoms with Gasteiger partial charge in [0, 0.05) is 50.4 Å². The predicted octanol–water partition coefficient (Wildman–Crippen LogP) is 2.74. The van der Waals surface area contributed by atoms with Crippen molar-refractivity contribution in [2.75, 3.05) is 31.1 Å². The zero-order valence-corrected chi connectivity index (χ0v) is 17.4. The second-order valence-electron chi connectivity index (χ2n) is 7.78. The van der Waals surface area contributed by atoms with Crippen LogP contribution in [0, 0.1) is 6.92 Å². The minimum atomic E-state index is -0.135. The summed E-state index contributed by atoms with van der Waals surface area (Å²) in [4.78, 5) is 26.4. The largest absolute Gasteiger partial charge is 0.354 e. The van der Waals surface area contributed by atoms with Crippen LogP contribution in [-0.4, -0.2) is 53.0 Å². The summed E-state index contributed by atoms with van der Waals surface area (Å²) in [7, 11) is 0. The highest BCUT2D eigenvalue weighted by molar-refractivity contribution is 5.81. The van der Waals surface area contributed by atoms with Crippen molar-refractivity contribution in [1.29, 1.82) is 0 Å². The van der Waals surface area contributed by atoms with Crippen LogP contribution in [0.5, 0.6) is 0 Å². The second-order valence-corrected chi connectivity index (χ2v) is 7.78. The first-order valence-electron chi connectivity index (χ1n) is 10.1. The molecule has 1 amide bonds. The third-order valence-electron chi connectivity index (χ3n) is 5.25. The van der Waals surface area contributed by atoms with Crippen LogP contribution in [0.1, 0.15) is 43.8 Å². The number of nitrogens with zero attached hydrogens (tertiary/aromatic N) is 4. The molecule has 1 unspecified atom stereocenters. The molecule has 6 heteroatoms. The average Bonchev–Trinajstić information content (AvgIpc) is 2.72. The van der Waals surface area contributed by atoms with Crippen molar-refractivity contribution in [3.05, 3.63) is 53.5 Å². The Kier molecular flexibility index (Phi) is 6.62. The number of piperazine rings is 1. The van der Waals surface area contributed by atoms with Crippen LogP contribution in [0.15, 0.2) is 36.4 Å². The molecule has 1 fully saturated rings. The molecule has 150 valence electrons. The third-order valence-corrected chi connectivity index (χ3v) is 5.25. The summed E-state index contributed by atoms with van der Waals surface area (Å²) in [5.74, 6) is 2.29. The smallest absolute Gasteiger partial charge is 0.237 e. The molecule has 0 radical (unpaired) electrons. The lowest BCUT2D eigenvalue weighted by atomic mass is 10.2. The summed E-state index contributed by atoms with van der Waals surface area (Å²) < 4.78 is 0. The first-order chi connectivity index (χ1) is 13.4. The van der Waals surface area contributed by atoms with Gasteiger partial charge in [0.15, 0.2) is 0 Å². The molecule has 2 heterocycles. The van der Waals surface area contributed by atoms with E-state index in [1.165, 1.54) is 0 Å². The number of benzene rings is 1. The van der Waals surface area contributed by atoms with Crippen LogP contribution in [-0.2, 0) is 11.3 Å². The van der Waals surface area contributed by atoms with Crippen molar-refractivity contribution in [3.8, 4) is 0 Å². The standard InChI is InChI=1S/C22H31N5O/c1-16(2)21-24-17(3)14-20(25-21)27-12-10-26(11-13-27)18(4)22(28)23-15-19-8-6-5-7-9-19/h5-9,14,16,18H,10-13,15H2,1-4H3,(H,23,28). The van der Waals surface area contributed by atoms with E-state index in [2.05, 4.69) is 40.0 Å². The number of hydrogen-bond donors (Lipinski definition) is 1. The molecule has 6 nitrogen and oxygen atoms in total. The SMILES string of the molecule is Cc1cc(N2CCN(C(C)C(=O)NCc3ccccc3)CC2)nc(C(C)C)n1. The van der Waals surface area contributed by atoms with Crippen LogP contribution >= 0.6 is 0 Å². The van der Waals surface area contributed by atoms with Crippen molar-refractivity contribution in [3.63, 3.8) is 0 Å². The topological polar surface area (TPSA) is 61.4 Å². The molecule has 1 N–H and O–H groups in total. The Labute approximate surface area is 168 Å². The van der Waals surface area contributed by atoms with E-state index in [1.807, 2.05) is 44.2 Å². The molecule has 0 bridgehead atoms. The number of rotatable bonds is 6. The number of carbonyl (C=O) groups excluding carboxylic acids is 1. The monoisotopic (exact) mass is 381 g/mol. The van der Waals surface area contributed by atoms with Crippen LogP contribution in [0.4, 0.5) is 5.82 Å². The summed E-state index contributed by atoms with van der Waals surface area (Å²) in [6.45, 7) is 12.2. The molecule has 2 aromatic rings. The maximum Gasteiger partial charge on any atom is 0.237 e. The Morgan fingerprint density at radius 3 is 2.39 bits per heavy atom. The molecule has 0 aliphatic carbocycles. The van der Waals surface area contributed by atoms with Gasteiger partial charge in [0.05, 0.1) is 6.04 Å². The van der Waals surface area contributed by atoms with E-state index in [9.17, 15) is 4.79 Å². The minimum Gasteiger partial charge on any atom is -0.354 e. The van der Waals surface area contributed by atoms with Crippen molar-refractivity contribution >= 4 is 11.7 Å². The summed E-state index contributed by atoms with van der Waals surface area (Å²) in [6, 6.07) is 11.9. The van der Waals surface area contributed by atoms with Gasteiger partial charge in [-0.15, -0.1) is 0 Å². The summed E-state index contributed by atoms with van der Waals surface area (Å²) in [5, 5.41) is 3.05. The molecule has 1 aliphatic heterocycles. The lowest BCUT2D eigenvalue weighted by molar-refractivity contribution is -0.126. The van der Waals surface area contributed by atoms with Crippen LogP contribution in [0.3, 0.4) is 0 Å². The highest BCUT2D eigenvalue weighted by Crippen LogP contribution is 2.19. The number of hydrogen-bond acceptors (Lipinski definition) is 5. The van der Waals surface area contributed by atoms with Gasteiger partial charge in [0.1, 0.15) is 11.6 Å². The van der Waals surface area contributed by atoms with Crippen molar-refractivity contribution < 1.29 is 4.79 Å². The van der Waals surface area contributed by atoms with E-state index >= 15 is 0 Å². The number of amides is 1. The quantitative estimate of drug-likeness (QED) is 0.834. The fraction of sp³-hybridized carbons (Fsp3) is 0.500. The van der Waals surface area contributed by atoms with Gasteiger partial charge in [-0.2, -0.15) is 0 Å². The van der Waals surface area contributed by atoms with Gasteiger partial charge in [-0.1, -0.05) is 44.2 Å². The van der Waals surface area contributed by atoms with E-state index in [4.69, 9.17) is 4.98 Å². The summed E-state index contributed by atoms with van der Waals surface area (Å²) >= 11 is 0. The van der Waals surface area contributed by atoms with Gasteiger partial charge in [-0.05, 0) is 19.4 Å². The third kappa shape index (κ3) is 5.07. The highest BCUT2D eigenvalue weighted by Gasteiger charge is 2.26. The number of carbonyl (C=O) groups is 1. The van der Waals surface area contributed by atoms with Gasteiger partial charge in [0.2, 0.25) is 5.91 Å². The van der Waals surface area contributed by atoms with E-state index in [-0.39, 0.29) is 11.9 Å². The average molecular weight is 382 g/mol. The Balaban J connectivity index is 1.54. The number of aryl methyl sites for hydroxylation is 1. The van der Waals surface area contributed by atoms with Gasteiger partial charge in [-0.3, -0.25) is 9.69 Å². The van der Waals surface area contributed by atoms with E-state index < -0.39 is 0 Å². The van der Waals surface area contributed by atoms with Crippen molar-refractivity contribution in [2.24, 2.45) is 0 Å². The van der Waals surface area contributed by atoms with E-state index in [0.717, 1.165) is 49.1 Å². The molecular formula is C22H31N5O. The Hall–Kier alpha value is -2.47. The molecular weight excluding hydrogens is 350 g/mol. The molecule has 1 aromatic carbocycles. The highest BCUT2D eigenvalue weighted by atomic mass is 16.2. The molecule has 1 aromatic heterocycles. The fourth-order valence-electron chi connectivity index (χ4n) is 3.43. The molecule has 3 rings (SSSR count). The normalized spacial score (nSPS) is 16.2. The van der Waals surface area contributed by atoms with Gasteiger partial charge in [-0.25, -0.2) is 9.97 Å². The first kappa shape index (κ1) is 20.3. The maximum absolute atomic E-state index is 12.5. The van der Waals surface area contributed by atoms with E-state index in [0.29, 0.717) is 12.5 Å². The molecule has 1 aliphatic rings. The van der Waals surface area contributed by atoms with Gasteiger partial charge >= 0.3 is 0 Å². The summed E-state index contributed by atoms with van der Waals surface area (Å²) in [5.41, 5.74) is 2.12. The Morgan fingerprint density at radius 2 is 1.75 bits per heavy atom.